The van der Waals surface area contributed by atoms with Crippen molar-refractivity contribution in [2.24, 2.45) is 0 Å². The minimum atomic E-state index is -0.549. The molecule has 0 rings (SSSR count). The van der Waals surface area contributed by atoms with Crippen LogP contribution in [0.3, 0.4) is 0 Å². The third kappa shape index (κ3) is 4.06. The van der Waals surface area contributed by atoms with Gasteiger partial charge in [-0.1, -0.05) is 0 Å². The van der Waals surface area contributed by atoms with Crippen molar-refractivity contribution < 1.29 is 14.6 Å². The normalized spacial score (nSPS) is 14.1. The molecule has 0 aliphatic carbocycles. The molecular weight excluding hydrogens is 156 g/mol. The predicted octanol–water partition coefficient (Wildman–Crippen LogP) is 0.595. The van der Waals surface area contributed by atoms with Crippen LogP contribution in [0, 0.1) is 0 Å². The third-order valence-electron chi connectivity index (χ3n) is 1.17. The molecule has 0 radical (unpaired) electrons. The summed E-state index contributed by atoms with van der Waals surface area (Å²) in [5.74, 6) is 0.212. The third-order valence-corrected chi connectivity index (χ3v) is 1.52. The molecule has 0 saturated carbocycles. The predicted molar refractivity (Wildman–Crippen MR) is 39.1 cm³/mol. The number of aliphatic hydroxyl groups is 1. The Kier molecular flexibility index (Phi) is 6.02. The van der Waals surface area contributed by atoms with Crippen molar-refractivity contribution in [3.05, 3.63) is 0 Å². The van der Waals surface area contributed by atoms with Gasteiger partial charge in [-0.3, -0.25) is 0 Å². The van der Waals surface area contributed by atoms with Gasteiger partial charge in [0, 0.05) is 26.5 Å². The molecule has 4 heteroatoms. The quantitative estimate of drug-likeness (QED) is 0.483. The summed E-state index contributed by atoms with van der Waals surface area (Å²) in [4.78, 5) is 0. The maximum atomic E-state index is 9.00. The summed E-state index contributed by atoms with van der Waals surface area (Å²) in [5, 5.41) is 9.00. The molecule has 1 N–H and O–H groups in total. The number of ether oxygens (including phenoxy) is 2. The van der Waals surface area contributed by atoms with E-state index in [4.69, 9.17) is 26.2 Å². The standard InChI is InChI=1S/C6H13ClO3/c1-9-6(10-2)3-5(8)4-7/h5-6,8H,3-4H2,1-2H3/t5-/m0/s1. The lowest BCUT2D eigenvalue weighted by atomic mass is 10.3. The molecule has 0 aromatic heterocycles. The van der Waals surface area contributed by atoms with Gasteiger partial charge in [-0.2, -0.15) is 0 Å². The first-order valence-electron chi connectivity index (χ1n) is 3.04. The number of methoxy groups -OCH3 is 2. The van der Waals surface area contributed by atoms with Crippen LogP contribution in [0.2, 0.25) is 0 Å². The van der Waals surface area contributed by atoms with Gasteiger partial charge < -0.3 is 14.6 Å². The lowest BCUT2D eigenvalue weighted by Gasteiger charge is -2.15. The first-order chi connectivity index (χ1) is 4.74. The average molecular weight is 169 g/mol. The second-order valence-corrected chi connectivity index (χ2v) is 2.25. The molecule has 0 unspecified atom stereocenters. The molecule has 0 aliphatic heterocycles. The maximum Gasteiger partial charge on any atom is 0.159 e. The minimum Gasteiger partial charge on any atom is -0.392 e. The molecule has 0 amide bonds. The topological polar surface area (TPSA) is 38.7 Å². The van der Waals surface area contributed by atoms with Crippen LogP contribution < -0.4 is 0 Å². The highest BCUT2D eigenvalue weighted by Crippen LogP contribution is 2.03. The van der Waals surface area contributed by atoms with Crippen LogP contribution in [0.1, 0.15) is 6.42 Å². The van der Waals surface area contributed by atoms with Gasteiger partial charge in [-0.05, 0) is 0 Å². The minimum absolute atomic E-state index is 0.212. The number of alkyl halides is 1. The smallest absolute Gasteiger partial charge is 0.159 e. The Morgan fingerprint density at radius 1 is 1.40 bits per heavy atom. The molecule has 0 aliphatic rings. The van der Waals surface area contributed by atoms with Gasteiger partial charge in [0.1, 0.15) is 0 Å². The first-order valence-corrected chi connectivity index (χ1v) is 3.57. The maximum absolute atomic E-state index is 9.00. The fraction of sp³-hybridized carbons (Fsp3) is 1.00. The van der Waals surface area contributed by atoms with Crippen LogP contribution in [0.5, 0.6) is 0 Å². The van der Waals surface area contributed by atoms with Crippen molar-refractivity contribution in [1.82, 2.24) is 0 Å². The number of hydrogen-bond acceptors (Lipinski definition) is 3. The average Bonchev–Trinajstić information content (AvgIpc) is 1.99. The molecule has 0 aromatic rings. The van der Waals surface area contributed by atoms with Gasteiger partial charge in [0.2, 0.25) is 0 Å². The first kappa shape index (κ1) is 10.2. The Labute approximate surface area is 65.9 Å². The molecule has 0 heterocycles. The zero-order valence-corrected chi connectivity index (χ0v) is 6.97. The van der Waals surface area contributed by atoms with Crippen molar-refractivity contribution in [3.63, 3.8) is 0 Å². The monoisotopic (exact) mass is 168 g/mol. The Hall–Kier alpha value is 0.170. The Morgan fingerprint density at radius 3 is 2.20 bits per heavy atom. The lowest BCUT2D eigenvalue weighted by molar-refractivity contribution is -0.120. The summed E-state index contributed by atoms with van der Waals surface area (Å²) in [7, 11) is 3.05. The molecule has 3 nitrogen and oxygen atoms in total. The van der Waals surface area contributed by atoms with E-state index in [2.05, 4.69) is 0 Å². The fourth-order valence-electron chi connectivity index (χ4n) is 0.574. The van der Waals surface area contributed by atoms with Crippen molar-refractivity contribution >= 4 is 11.6 Å². The van der Waals surface area contributed by atoms with Gasteiger partial charge in [0.25, 0.3) is 0 Å². The molecule has 0 bridgehead atoms. The van der Waals surface area contributed by atoms with E-state index >= 15 is 0 Å². The molecule has 10 heavy (non-hydrogen) atoms. The number of hydrogen-bond donors (Lipinski definition) is 1. The molecule has 0 saturated heterocycles. The summed E-state index contributed by atoms with van der Waals surface area (Å²) in [6.45, 7) is 0. The van der Waals surface area contributed by atoms with Crippen molar-refractivity contribution in [1.29, 1.82) is 0 Å². The second kappa shape index (κ2) is 5.92. The van der Waals surface area contributed by atoms with Crippen molar-refractivity contribution in [2.75, 3.05) is 20.1 Å². The van der Waals surface area contributed by atoms with Gasteiger partial charge in [0.05, 0.1) is 6.10 Å². The highest BCUT2D eigenvalue weighted by Gasteiger charge is 2.11. The number of halogens is 1. The molecule has 1 atom stereocenters. The summed E-state index contributed by atoms with van der Waals surface area (Å²) >= 11 is 5.35. The highest BCUT2D eigenvalue weighted by atomic mass is 35.5. The van der Waals surface area contributed by atoms with Crippen molar-refractivity contribution in [3.8, 4) is 0 Å². The van der Waals surface area contributed by atoms with E-state index in [-0.39, 0.29) is 12.2 Å². The second-order valence-electron chi connectivity index (χ2n) is 1.94. The Bertz CT molecular complexity index is 75.4. The van der Waals surface area contributed by atoms with Crippen LogP contribution in [-0.4, -0.2) is 37.6 Å². The van der Waals surface area contributed by atoms with E-state index in [1.54, 1.807) is 0 Å². The Balaban J connectivity index is 3.41. The van der Waals surface area contributed by atoms with Crippen LogP contribution in [0.15, 0.2) is 0 Å². The number of aliphatic hydroxyl groups excluding tert-OH is 1. The van der Waals surface area contributed by atoms with Crippen LogP contribution >= 0.6 is 11.6 Å². The van der Waals surface area contributed by atoms with E-state index in [0.29, 0.717) is 6.42 Å². The summed E-state index contributed by atoms with van der Waals surface area (Å²) < 4.78 is 9.66. The zero-order valence-electron chi connectivity index (χ0n) is 6.21. The molecule has 62 valence electrons. The highest BCUT2D eigenvalue weighted by molar-refractivity contribution is 6.18. The van der Waals surface area contributed by atoms with Crippen molar-refractivity contribution in [2.45, 2.75) is 18.8 Å². The van der Waals surface area contributed by atoms with Gasteiger partial charge in [-0.15, -0.1) is 11.6 Å². The largest absolute Gasteiger partial charge is 0.392 e. The summed E-state index contributed by atoms with van der Waals surface area (Å²) in [6, 6.07) is 0. The summed E-state index contributed by atoms with van der Waals surface area (Å²) in [5.41, 5.74) is 0. The SMILES string of the molecule is COC(C[C@H](O)CCl)OC. The zero-order chi connectivity index (χ0) is 7.98. The Morgan fingerprint density at radius 2 is 1.90 bits per heavy atom. The summed E-state index contributed by atoms with van der Waals surface area (Å²) in [6.07, 6.45) is -0.489. The molecule has 0 aromatic carbocycles. The van der Waals surface area contributed by atoms with E-state index in [9.17, 15) is 0 Å². The molecule has 0 fully saturated rings. The van der Waals surface area contributed by atoms with E-state index in [1.165, 1.54) is 14.2 Å². The molecular formula is C6H13ClO3. The fourth-order valence-corrected chi connectivity index (χ4v) is 0.700. The van der Waals surface area contributed by atoms with E-state index in [1.807, 2.05) is 0 Å². The van der Waals surface area contributed by atoms with Crippen LogP contribution in [0.25, 0.3) is 0 Å². The van der Waals surface area contributed by atoms with E-state index < -0.39 is 6.10 Å². The van der Waals surface area contributed by atoms with Crippen LogP contribution in [-0.2, 0) is 9.47 Å². The van der Waals surface area contributed by atoms with Crippen LogP contribution in [0.4, 0.5) is 0 Å². The van der Waals surface area contributed by atoms with Gasteiger partial charge in [0.15, 0.2) is 6.29 Å². The van der Waals surface area contributed by atoms with Gasteiger partial charge in [-0.25, -0.2) is 0 Å². The van der Waals surface area contributed by atoms with E-state index in [0.717, 1.165) is 0 Å². The lowest BCUT2D eigenvalue weighted by Crippen LogP contribution is -2.22. The van der Waals surface area contributed by atoms with Gasteiger partial charge >= 0.3 is 0 Å². The number of rotatable bonds is 5. The molecule has 0 spiro atoms.